The van der Waals surface area contributed by atoms with Crippen LogP contribution in [0.5, 0.6) is 11.5 Å². The maximum Gasteiger partial charge on any atom is 0.255 e. The van der Waals surface area contributed by atoms with Crippen LogP contribution in [0.1, 0.15) is 40.7 Å². The van der Waals surface area contributed by atoms with Gasteiger partial charge in [0.1, 0.15) is 17.3 Å². The molecule has 2 aromatic carbocycles. The summed E-state index contributed by atoms with van der Waals surface area (Å²) >= 11 is 0. The fraction of sp³-hybridized carbons (Fsp3) is 0.242. The van der Waals surface area contributed by atoms with Gasteiger partial charge in [-0.15, -0.1) is 0 Å². The van der Waals surface area contributed by atoms with Crippen molar-refractivity contribution in [3.8, 4) is 11.5 Å². The van der Waals surface area contributed by atoms with Gasteiger partial charge in [-0.25, -0.2) is 0 Å². The highest BCUT2D eigenvalue weighted by molar-refractivity contribution is 5.97. The molecule has 0 bridgehead atoms. The van der Waals surface area contributed by atoms with E-state index in [2.05, 4.69) is 34.9 Å². The fourth-order valence-corrected chi connectivity index (χ4v) is 4.35. The molecule has 2 N–H and O–H groups in total. The average molecular weight is 525 g/mol. The van der Waals surface area contributed by atoms with Gasteiger partial charge in [-0.3, -0.25) is 4.79 Å². The molecule has 0 fully saturated rings. The first-order valence-corrected chi connectivity index (χ1v) is 13.2. The van der Waals surface area contributed by atoms with Crippen molar-refractivity contribution < 1.29 is 19.0 Å². The molecule has 0 saturated heterocycles. The second kappa shape index (κ2) is 14.0. The Kier molecular flexibility index (Phi) is 9.98. The molecule has 0 aliphatic heterocycles. The highest BCUT2D eigenvalue weighted by atomic mass is 16.5. The van der Waals surface area contributed by atoms with Crippen molar-refractivity contribution in [1.82, 2.24) is 10.6 Å². The number of benzene rings is 2. The number of ether oxygens (including phenoxy) is 3. The monoisotopic (exact) mass is 524 g/mol. The molecule has 2 aromatic rings. The molecule has 0 heterocycles. The highest BCUT2D eigenvalue weighted by Crippen LogP contribution is 2.31. The van der Waals surface area contributed by atoms with E-state index in [0.717, 1.165) is 58.9 Å². The Morgan fingerprint density at radius 1 is 0.897 bits per heavy atom. The molecule has 0 saturated carbocycles. The summed E-state index contributed by atoms with van der Waals surface area (Å²) in [6, 6.07) is 13.6. The quantitative estimate of drug-likeness (QED) is 0.342. The van der Waals surface area contributed by atoms with E-state index in [4.69, 9.17) is 14.2 Å². The lowest BCUT2D eigenvalue weighted by Gasteiger charge is -2.13. The first kappa shape index (κ1) is 27.7. The summed E-state index contributed by atoms with van der Waals surface area (Å²) in [5, 5.41) is 6.17. The zero-order chi connectivity index (χ0) is 27.5. The van der Waals surface area contributed by atoms with Gasteiger partial charge in [-0.1, -0.05) is 42.5 Å². The van der Waals surface area contributed by atoms with Gasteiger partial charge >= 0.3 is 0 Å². The molecule has 0 radical (unpaired) electrons. The van der Waals surface area contributed by atoms with Crippen LogP contribution in [0, 0.1) is 0 Å². The molecule has 6 nitrogen and oxygen atoms in total. The molecule has 202 valence electrons. The third-order valence-electron chi connectivity index (χ3n) is 6.47. The minimum atomic E-state index is -0.179. The summed E-state index contributed by atoms with van der Waals surface area (Å²) in [7, 11) is 5.21. The number of carbonyl (C=O) groups excluding carboxylic acids is 1. The van der Waals surface area contributed by atoms with E-state index in [1.54, 1.807) is 20.3 Å². The summed E-state index contributed by atoms with van der Waals surface area (Å²) in [6.45, 7) is 1.62. The number of methoxy groups -OCH3 is 2. The Morgan fingerprint density at radius 3 is 2.49 bits per heavy atom. The lowest BCUT2D eigenvalue weighted by Crippen LogP contribution is -2.22. The molecule has 2 aliphatic carbocycles. The SMILES string of the molecule is CNCCCOc1ccc(C2=CCC=C(NC(=O)c3ccc(OC)c(C4=CCC=CC(OC)=C4)c3)C=C2)cc1. The highest BCUT2D eigenvalue weighted by Gasteiger charge is 2.15. The van der Waals surface area contributed by atoms with Crippen LogP contribution in [0.15, 0.2) is 103 Å². The van der Waals surface area contributed by atoms with Crippen molar-refractivity contribution in [3.63, 3.8) is 0 Å². The Balaban J connectivity index is 1.43. The maximum absolute atomic E-state index is 13.2. The summed E-state index contributed by atoms with van der Waals surface area (Å²) < 4.78 is 16.8. The molecular formula is C33H36N2O4. The van der Waals surface area contributed by atoms with Crippen LogP contribution in [0.4, 0.5) is 0 Å². The van der Waals surface area contributed by atoms with Gasteiger partial charge in [0, 0.05) is 16.8 Å². The molecule has 1 amide bonds. The van der Waals surface area contributed by atoms with Crippen LogP contribution in [-0.4, -0.2) is 40.3 Å². The average Bonchev–Trinajstić information content (AvgIpc) is 3.36. The van der Waals surface area contributed by atoms with Crippen molar-refractivity contribution in [2.75, 3.05) is 34.4 Å². The Bertz CT molecular complexity index is 1340. The molecular weight excluding hydrogens is 488 g/mol. The van der Waals surface area contributed by atoms with E-state index < -0.39 is 0 Å². The molecule has 6 heteroatoms. The zero-order valence-corrected chi connectivity index (χ0v) is 22.8. The van der Waals surface area contributed by atoms with Gasteiger partial charge in [0.25, 0.3) is 5.91 Å². The predicted molar refractivity (Wildman–Crippen MR) is 158 cm³/mol. The van der Waals surface area contributed by atoms with E-state index in [9.17, 15) is 4.79 Å². The van der Waals surface area contributed by atoms with Gasteiger partial charge < -0.3 is 24.8 Å². The first-order chi connectivity index (χ1) is 19.1. The van der Waals surface area contributed by atoms with Crippen molar-refractivity contribution >= 4 is 17.1 Å². The van der Waals surface area contributed by atoms with E-state index in [-0.39, 0.29) is 5.91 Å². The molecule has 39 heavy (non-hydrogen) atoms. The third kappa shape index (κ3) is 7.62. The van der Waals surface area contributed by atoms with Crippen LogP contribution >= 0.6 is 0 Å². The normalized spacial score (nSPS) is 14.7. The summed E-state index contributed by atoms with van der Waals surface area (Å²) in [4.78, 5) is 13.2. The van der Waals surface area contributed by atoms with Crippen LogP contribution in [0.2, 0.25) is 0 Å². The van der Waals surface area contributed by atoms with Crippen LogP contribution < -0.4 is 20.1 Å². The number of carbonyl (C=O) groups is 1. The Labute approximate surface area is 231 Å². The van der Waals surface area contributed by atoms with E-state index >= 15 is 0 Å². The summed E-state index contributed by atoms with van der Waals surface area (Å²) in [5.74, 6) is 2.13. The molecule has 0 spiro atoms. The van der Waals surface area contributed by atoms with Crippen molar-refractivity contribution in [1.29, 1.82) is 0 Å². The summed E-state index contributed by atoms with van der Waals surface area (Å²) in [6.07, 6.45) is 18.6. The molecule has 4 rings (SSSR count). The standard InChI is InChI=1S/C33H36N2O4/c1-34-20-7-21-39-29-17-13-25(14-18-29)24-9-6-10-28(16-12-24)35-33(36)27-15-19-32(38-3)31(23-27)26-8-4-5-11-30(22-26)37-2/h5,8-19,22-23,34H,4,6-7,20-21H2,1-3H3,(H,35,36). The lowest BCUT2D eigenvalue weighted by atomic mass is 10.00. The van der Waals surface area contributed by atoms with Gasteiger partial charge in [0.2, 0.25) is 0 Å². The minimum absolute atomic E-state index is 0.179. The fourth-order valence-electron chi connectivity index (χ4n) is 4.35. The number of nitrogens with one attached hydrogen (secondary N) is 2. The van der Waals surface area contributed by atoms with Crippen molar-refractivity contribution in [3.05, 3.63) is 119 Å². The van der Waals surface area contributed by atoms with Crippen LogP contribution in [0.25, 0.3) is 11.1 Å². The molecule has 2 aliphatic rings. The number of hydrogen-bond acceptors (Lipinski definition) is 5. The number of hydrogen-bond donors (Lipinski definition) is 2. The third-order valence-corrected chi connectivity index (χ3v) is 6.47. The second-order valence-electron chi connectivity index (χ2n) is 9.14. The number of allylic oxidation sites excluding steroid dienone is 10. The molecule has 0 unspecified atom stereocenters. The largest absolute Gasteiger partial charge is 0.497 e. The Hall–Kier alpha value is -4.29. The molecule has 0 aromatic heterocycles. The van der Waals surface area contributed by atoms with E-state index in [0.29, 0.717) is 24.3 Å². The number of rotatable bonds is 11. The van der Waals surface area contributed by atoms with Crippen LogP contribution in [0.3, 0.4) is 0 Å². The predicted octanol–water partition coefficient (Wildman–Crippen LogP) is 6.21. The second-order valence-corrected chi connectivity index (χ2v) is 9.14. The topological polar surface area (TPSA) is 68.8 Å². The van der Waals surface area contributed by atoms with Gasteiger partial charge in [0.05, 0.1) is 20.8 Å². The minimum Gasteiger partial charge on any atom is -0.497 e. The van der Waals surface area contributed by atoms with Gasteiger partial charge in [-0.05, 0) is 98.1 Å². The van der Waals surface area contributed by atoms with E-state index in [1.807, 2.05) is 67.8 Å². The van der Waals surface area contributed by atoms with E-state index in [1.165, 1.54) is 0 Å². The van der Waals surface area contributed by atoms with Crippen LogP contribution in [-0.2, 0) is 4.74 Å². The maximum atomic E-state index is 13.2. The zero-order valence-electron chi connectivity index (χ0n) is 22.8. The summed E-state index contributed by atoms with van der Waals surface area (Å²) in [5.41, 5.74) is 5.29. The van der Waals surface area contributed by atoms with Crippen molar-refractivity contribution in [2.24, 2.45) is 0 Å². The first-order valence-electron chi connectivity index (χ1n) is 13.2. The Morgan fingerprint density at radius 2 is 1.72 bits per heavy atom. The smallest absolute Gasteiger partial charge is 0.255 e. The lowest BCUT2D eigenvalue weighted by molar-refractivity contribution is 0.0967. The van der Waals surface area contributed by atoms with Crippen molar-refractivity contribution in [2.45, 2.75) is 19.3 Å². The number of amides is 1. The van der Waals surface area contributed by atoms with Gasteiger partial charge in [-0.2, -0.15) is 0 Å². The van der Waals surface area contributed by atoms with Gasteiger partial charge in [0.15, 0.2) is 0 Å². The molecule has 0 atom stereocenters.